The van der Waals surface area contributed by atoms with Crippen LogP contribution in [0.5, 0.6) is 11.5 Å². The summed E-state index contributed by atoms with van der Waals surface area (Å²) < 4.78 is 6.36. The van der Waals surface area contributed by atoms with E-state index in [1.54, 1.807) is 19.2 Å². The number of aromatic hydroxyl groups is 1. The fourth-order valence-electron chi connectivity index (χ4n) is 1.84. The second-order valence-corrected chi connectivity index (χ2v) is 5.14. The molecule has 0 unspecified atom stereocenters. The average Bonchev–Trinajstić information content (AvgIpc) is 2.41. The Bertz CT molecular complexity index is 540. The Kier molecular flexibility index (Phi) is 4.82. The van der Waals surface area contributed by atoms with Crippen LogP contribution in [0.1, 0.15) is 11.1 Å². The molecule has 2 aromatic rings. The summed E-state index contributed by atoms with van der Waals surface area (Å²) in [6.07, 6.45) is 0. The standard InChI is InChI=1S/C15H16BrNO2/c1-19-15-7-4-13(16)8-12(15)10-17-9-11-2-5-14(18)6-3-11/h2-8,17-18H,9-10H2,1H3. The zero-order chi connectivity index (χ0) is 13.7. The monoisotopic (exact) mass is 321 g/mol. The summed E-state index contributed by atoms with van der Waals surface area (Å²) in [5.74, 6) is 1.17. The molecule has 0 fully saturated rings. The van der Waals surface area contributed by atoms with E-state index >= 15 is 0 Å². The molecule has 0 bridgehead atoms. The van der Waals surface area contributed by atoms with Crippen LogP contribution in [0.4, 0.5) is 0 Å². The highest BCUT2D eigenvalue weighted by atomic mass is 79.9. The third kappa shape index (κ3) is 3.98. The number of rotatable bonds is 5. The maximum absolute atomic E-state index is 9.22. The third-order valence-electron chi connectivity index (χ3n) is 2.82. The lowest BCUT2D eigenvalue weighted by Gasteiger charge is -2.10. The van der Waals surface area contributed by atoms with Crippen molar-refractivity contribution in [1.82, 2.24) is 5.32 Å². The summed E-state index contributed by atoms with van der Waals surface area (Å²) in [6.45, 7) is 1.47. The molecule has 0 aliphatic carbocycles. The van der Waals surface area contributed by atoms with Crippen LogP contribution in [0.2, 0.25) is 0 Å². The summed E-state index contributed by atoms with van der Waals surface area (Å²) in [7, 11) is 1.67. The molecule has 2 aromatic carbocycles. The zero-order valence-corrected chi connectivity index (χ0v) is 12.3. The first-order valence-electron chi connectivity index (χ1n) is 6.00. The Morgan fingerprint density at radius 3 is 2.53 bits per heavy atom. The van der Waals surface area contributed by atoms with Gasteiger partial charge in [-0.3, -0.25) is 0 Å². The van der Waals surface area contributed by atoms with Crippen molar-refractivity contribution in [3.63, 3.8) is 0 Å². The Morgan fingerprint density at radius 1 is 1.11 bits per heavy atom. The van der Waals surface area contributed by atoms with E-state index < -0.39 is 0 Å². The SMILES string of the molecule is COc1ccc(Br)cc1CNCc1ccc(O)cc1. The minimum atomic E-state index is 0.289. The number of benzene rings is 2. The second-order valence-electron chi connectivity index (χ2n) is 4.23. The molecule has 2 N–H and O–H groups in total. The van der Waals surface area contributed by atoms with E-state index in [1.807, 2.05) is 30.3 Å². The molecule has 0 saturated heterocycles. The molecule has 0 aliphatic heterocycles. The molecule has 0 radical (unpaired) electrons. The lowest BCUT2D eigenvalue weighted by molar-refractivity contribution is 0.407. The number of methoxy groups -OCH3 is 1. The lowest BCUT2D eigenvalue weighted by atomic mass is 10.2. The number of ether oxygens (including phenoxy) is 1. The summed E-state index contributed by atoms with van der Waals surface area (Å²) in [6, 6.07) is 13.1. The highest BCUT2D eigenvalue weighted by Crippen LogP contribution is 2.22. The number of phenols is 1. The number of halogens is 1. The van der Waals surface area contributed by atoms with Crippen molar-refractivity contribution in [3.8, 4) is 11.5 Å². The van der Waals surface area contributed by atoms with E-state index in [-0.39, 0.29) is 5.75 Å². The van der Waals surface area contributed by atoms with Gasteiger partial charge in [-0.05, 0) is 35.9 Å². The van der Waals surface area contributed by atoms with Crippen LogP contribution >= 0.6 is 15.9 Å². The molecule has 0 spiro atoms. The molecular weight excluding hydrogens is 306 g/mol. The first-order valence-corrected chi connectivity index (χ1v) is 6.79. The molecule has 2 rings (SSSR count). The van der Waals surface area contributed by atoms with Gasteiger partial charge in [-0.1, -0.05) is 28.1 Å². The van der Waals surface area contributed by atoms with Crippen molar-refractivity contribution in [3.05, 3.63) is 58.1 Å². The molecule has 4 heteroatoms. The van der Waals surface area contributed by atoms with Crippen LogP contribution in [-0.4, -0.2) is 12.2 Å². The minimum absolute atomic E-state index is 0.289. The lowest BCUT2D eigenvalue weighted by Crippen LogP contribution is -2.13. The van der Waals surface area contributed by atoms with E-state index in [0.717, 1.165) is 34.4 Å². The predicted octanol–water partition coefficient (Wildman–Crippen LogP) is 3.45. The Balaban J connectivity index is 1.95. The van der Waals surface area contributed by atoms with Crippen LogP contribution in [0, 0.1) is 0 Å². The average molecular weight is 322 g/mol. The summed E-state index contributed by atoms with van der Waals surface area (Å²) in [4.78, 5) is 0. The number of nitrogens with one attached hydrogen (secondary N) is 1. The molecule has 100 valence electrons. The summed E-state index contributed by atoms with van der Waals surface area (Å²) in [5.41, 5.74) is 2.24. The van der Waals surface area contributed by atoms with Crippen LogP contribution in [-0.2, 0) is 13.1 Å². The third-order valence-corrected chi connectivity index (χ3v) is 3.32. The first-order chi connectivity index (χ1) is 9.19. The highest BCUT2D eigenvalue weighted by Gasteiger charge is 2.03. The van der Waals surface area contributed by atoms with Gasteiger partial charge in [0.25, 0.3) is 0 Å². The van der Waals surface area contributed by atoms with Gasteiger partial charge in [-0.2, -0.15) is 0 Å². The van der Waals surface area contributed by atoms with Crippen LogP contribution in [0.3, 0.4) is 0 Å². The Hall–Kier alpha value is -1.52. The normalized spacial score (nSPS) is 10.4. The number of hydrogen-bond acceptors (Lipinski definition) is 3. The maximum Gasteiger partial charge on any atom is 0.123 e. The molecule has 0 aromatic heterocycles. The van der Waals surface area contributed by atoms with Gasteiger partial charge in [0.2, 0.25) is 0 Å². The first kappa shape index (κ1) is 13.9. The van der Waals surface area contributed by atoms with Gasteiger partial charge in [0, 0.05) is 23.1 Å². The molecule has 0 aliphatic rings. The van der Waals surface area contributed by atoms with Crippen molar-refractivity contribution in [1.29, 1.82) is 0 Å². The van der Waals surface area contributed by atoms with E-state index in [9.17, 15) is 5.11 Å². The van der Waals surface area contributed by atoms with Gasteiger partial charge in [0.15, 0.2) is 0 Å². The largest absolute Gasteiger partial charge is 0.508 e. The quantitative estimate of drug-likeness (QED) is 0.886. The van der Waals surface area contributed by atoms with E-state index in [4.69, 9.17) is 4.74 Å². The van der Waals surface area contributed by atoms with Gasteiger partial charge < -0.3 is 15.2 Å². The molecular formula is C15H16BrNO2. The van der Waals surface area contributed by atoms with Crippen molar-refractivity contribution < 1.29 is 9.84 Å². The maximum atomic E-state index is 9.22. The topological polar surface area (TPSA) is 41.5 Å². The van der Waals surface area contributed by atoms with Gasteiger partial charge in [-0.15, -0.1) is 0 Å². The van der Waals surface area contributed by atoms with Gasteiger partial charge >= 0.3 is 0 Å². The second kappa shape index (κ2) is 6.59. The van der Waals surface area contributed by atoms with Crippen LogP contribution < -0.4 is 10.1 Å². The van der Waals surface area contributed by atoms with Gasteiger partial charge in [0.1, 0.15) is 11.5 Å². The number of phenolic OH excluding ortho intramolecular Hbond substituents is 1. The van der Waals surface area contributed by atoms with Crippen LogP contribution in [0.15, 0.2) is 46.9 Å². The van der Waals surface area contributed by atoms with E-state index in [0.29, 0.717) is 0 Å². The Labute approximate surface area is 121 Å². The van der Waals surface area contributed by atoms with Crippen LogP contribution in [0.25, 0.3) is 0 Å². The molecule has 0 amide bonds. The van der Waals surface area contributed by atoms with Crippen molar-refractivity contribution >= 4 is 15.9 Å². The molecule has 19 heavy (non-hydrogen) atoms. The van der Waals surface area contributed by atoms with Crippen molar-refractivity contribution in [2.75, 3.05) is 7.11 Å². The van der Waals surface area contributed by atoms with Gasteiger partial charge in [0.05, 0.1) is 7.11 Å². The van der Waals surface area contributed by atoms with Crippen molar-refractivity contribution in [2.24, 2.45) is 0 Å². The summed E-state index contributed by atoms with van der Waals surface area (Å²) >= 11 is 3.46. The molecule has 0 saturated carbocycles. The van der Waals surface area contributed by atoms with Gasteiger partial charge in [-0.25, -0.2) is 0 Å². The fourth-order valence-corrected chi connectivity index (χ4v) is 2.25. The molecule has 3 nitrogen and oxygen atoms in total. The van der Waals surface area contributed by atoms with Crippen molar-refractivity contribution in [2.45, 2.75) is 13.1 Å². The summed E-state index contributed by atoms with van der Waals surface area (Å²) in [5, 5.41) is 12.6. The Morgan fingerprint density at radius 2 is 1.84 bits per heavy atom. The number of hydrogen-bond donors (Lipinski definition) is 2. The fraction of sp³-hybridized carbons (Fsp3) is 0.200. The zero-order valence-electron chi connectivity index (χ0n) is 10.7. The minimum Gasteiger partial charge on any atom is -0.508 e. The molecule has 0 heterocycles. The smallest absolute Gasteiger partial charge is 0.123 e. The van der Waals surface area contributed by atoms with E-state index in [1.165, 1.54) is 0 Å². The van der Waals surface area contributed by atoms with E-state index in [2.05, 4.69) is 21.2 Å². The predicted molar refractivity (Wildman–Crippen MR) is 79.3 cm³/mol. The highest BCUT2D eigenvalue weighted by molar-refractivity contribution is 9.10. The molecule has 0 atom stereocenters.